The fourth-order valence-electron chi connectivity index (χ4n) is 3.77. The van der Waals surface area contributed by atoms with Crippen LogP contribution in [0.15, 0.2) is 65.2 Å². The zero-order valence-electron chi connectivity index (χ0n) is 17.1. The molecule has 32 heavy (non-hydrogen) atoms. The number of ether oxygens (including phenoxy) is 1. The number of nitro benzene ring substituents is 1. The summed E-state index contributed by atoms with van der Waals surface area (Å²) in [6, 6.07) is 14.7. The van der Waals surface area contributed by atoms with Gasteiger partial charge in [-0.05, 0) is 42.5 Å². The molecule has 0 amide bonds. The van der Waals surface area contributed by atoms with E-state index in [0.29, 0.717) is 28.7 Å². The average molecular weight is 452 g/mol. The van der Waals surface area contributed by atoms with Crippen molar-refractivity contribution in [1.82, 2.24) is 15.2 Å². The lowest BCUT2D eigenvalue weighted by atomic mass is 10.0. The summed E-state index contributed by atoms with van der Waals surface area (Å²) in [5.41, 5.74) is 1.09. The first kappa shape index (κ1) is 21.4. The summed E-state index contributed by atoms with van der Waals surface area (Å²) >= 11 is 5.54. The molecule has 0 bridgehead atoms. The number of nitrogens with one attached hydrogen (secondary N) is 1. The van der Waals surface area contributed by atoms with Crippen LogP contribution in [0.1, 0.15) is 30.0 Å². The van der Waals surface area contributed by atoms with E-state index in [2.05, 4.69) is 10.3 Å². The number of hydrogen-bond donors (Lipinski definition) is 1. The highest BCUT2D eigenvalue weighted by Crippen LogP contribution is 2.41. The van der Waals surface area contributed by atoms with E-state index in [9.17, 15) is 14.9 Å². The van der Waals surface area contributed by atoms with Gasteiger partial charge in [-0.15, -0.1) is 0 Å². The first-order chi connectivity index (χ1) is 15.5. The second-order valence-corrected chi connectivity index (χ2v) is 7.51. The molecule has 3 aromatic rings. The Morgan fingerprint density at radius 3 is 2.75 bits per heavy atom. The molecule has 4 rings (SSSR count). The summed E-state index contributed by atoms with van der Waals surface area (Å²) < 4.78 is 10.9. The van der Waals surface area contributed by atoms with Crippen LogP contribution in [0.3, 0.4) is 0 Å². The molecule has 2 atom stereocenters. The molecule has 0 radical (unpaired) electrons. The minimum absolute atomic E-state index is 0.0442. The van der Waals surface area contributed by atoms with Crippen molar-refractivity contribution >= 4 is 29.0 Å². The van der Waals surface area contributed by atoms with Gasteiger partial charge in [0.05, 0.1) is 35.8 Å². The monoisotopic (exact) mass is 452 g/mol. The second-order valence-electron chi connectivity index (χ2n) is 7.12. The number of aromatic nitrogens is 1. The SMILES string of the molecule is COC(=O)CCN1C(=S)NC(c2ccccn2)C1c1ccc(-c2ccccc2[N+](=O)[O-])o1. The Kier molecular flexibility index (Phi) is 6.13. The number of benzene rings is 1. The molecule has 0 aliphatic carbocycles. The van der Waals surface area contributed by atoms with Gasteiger partial charge in [0.15, 0.2) is 5.11 Å². The van der Waals surface area contributed by atoms with Crippen LogP contribution in [-0.2, 0) is 9.53 Å². The maximum Gasteiger partial charge on any atom is 0.307 e. The molecule has 1 aromatic carbocycles. The van der Waals surface area contributed by atoms with Gasteiger partial charge in [-0.25, -0.2) is 0 Å². The lowest BCUT2D eigenvalue weighted by molar-refractivity contribution is -0.384. The fourth-order valence-corrected chi connectivity index (χ4v) is 4.10. The lowest BCUT2D eigenvalue weighted by Crippen LogP contribution is -2.31. The number of rotatable bonds is 7. The average Bonchev–Trinajstić information content (AvgIpc) is 3.42. The third-order valence-corrected chi connectivity index (χ3v) is 5.62. The van der Waals surface area contributed by atoms with E-state index in [4.69, 9.17) is 21.4 Å². The Morgan fingerprint density at radius 2 is 2.03 bits per heavy atom. The van der Waals surface area contributed by atoms with E-state index < -0.39 is 11.0 Å². The van der Waals surface area contributed by atoms with Crippen molar-refractivity contribution in [3.05, 3.63) is 82.4 Å². The van der Waals surface area contributed by atoms with Crippen molar-refractivity contribution in [3.8, 4) is 11.3 Å². The highest BCUT2D eigenvalue weighted by Gasteiger charge is 2.41. The molecule has 2 aromatic heterocycles. The molecule has 1 aliphatic heterocycles. The molecule has 1 N–H and O–H groups in total. The van der Waals surface area contributed by atoms with Crippen LogP contribution in [0.25, 0.3) is 11.3 Å². The molecule has 10 heteroatoms. The number of methoxy groups -OCH3 is 1. The molecular weight excluding hydrogens is 432 g/mol. The molecular formula is C22H20N4O5S. The van der Waals surface area contributed by atoms with Gasteiger partial charge >= 0.3 is 5.97 Å². The standard InChI is InChI=1S/C22H20N4O5S/c1-30-19(27)11-13-25-21(20(24-22(25)32)15-7-4-5-12-23-15)18-10-9-17(31-18)14-6-2-3-8-16(14)26(28)29/h2-10,12,20-21H,11,13H2,1H3,(H,24,32). The third kappa shape index (κ3) is 4.17. The number of nitro groups is 1. The molecule has 2 unspecified atom stereocenters. The van der Waals surface area contributed by atoms with Crippen molar-refractivity contribution in [1.29, 1.82) is 0 Å². The van der Waals surface area contributed by atoms with Crippen LogP contribution in [0, 0.1) is 10.1 Å². The molecule has 1 fully saturated rings. The van der Waals surface area contributed by atoms with Crippen molar-refractivity contribution < 1.29 is 18.9 Å². The van der Waals surface area contributed by atoms with E-state index in [1.165, 1.54) is 13.2 Å². The zero-order valence-corrected chi connectivity index (χ0v) is 18.0. The maximum absolute atomic E-state index is 11.7. The van der Waals surface area contributed by atoms with Gasteiger partial charge in [-0.2, -0.15) is 0 Å². The lowest BCUT2D eigenvalue weighted by Gasteiger charge is -2.25. The summed E-state index contributed by atoms with van der Waals surface area (Å²) in [6.07, 6.45) is 1.83. The molecule has 164 valence electrons. The summed E-state index contributed by atoms with van der Waals surface area (Å²) in [5, 5.41) is 15.2. The number of hydrogen-bond acceptors (Lipinski definition) is 7. The smallest absolute Gasteiger partial charge is 0.307 e. The number of thiocarbonyl (C=S) groups is 1. The second kappa shape index (κ2) is 9.15. The van der Waals surface area contributed by atoms with E-state index in [1.807, 2.05) is 23.1 Å². The highest BCUT2D eigenvalue weighted by atomic mass is 32.1. The number of nitrogens with zero attached hydrogens (tertiary/aromatic N) is 3. The summed E-state index contributed by atoms with van der Waals surface area (Å²) in [7, 11) is 1.34. The number of carbonyl (C=O) groups is 1. The van der Waals surface area contributed by atoms with Gasteiger partial charge < -0.3 is 19.4 Å². The van der Waals surface area contributed by atoms with E-state index in [-0.39, 0.29) is 24.1 Å². The predicted octanol–water partition coefficient (Wildman–Crippen LogP) is 3.79. The summed E-state index contributed by atoms with van der Waals surface area (Å²) in [5.74, 6) is 0.566. The molecule has 1 aliphatic rings. The summed E-state index contributed by atoms with van der Waals surface area (Å²) in [4.78, 5) is 29.1. The quantitative estimate of drug-likeness (QED) is 0.248. The van der Waals surface area contributed by atoms with Crippen LogP contribution < -0.4 is 5.32 Å². The van der Waals surface area contributed by atoms with Gasteiger partial charge in [0.2, 0.25) is 0 Å². The molecule has 9 nitrogen and oxygen atoms in total. The Morgan fingerprint density at radius 1 is 1.25 bits per heavy atom. The van der Waals surface area contributed by atoms with Gasteiger partial charge in [0.25, 0.3) is 5.69 Å². The predicted molar refractivity (Wildman–Crippen MR) is 120 cm³/mol. The Bertz CT molecular complexity index is 1150. The van der Waals surface area contributed by atoms with Gasteiger partial charge in [0.1, 0.15) is 17.6 Å². The van der Waals surface area contributed by atoms with Crippen LogP contribution >= 0.6 is 12.2 Å². The maximum atomic E-state index is 11.7. The highest BCUT2D eigenvalue weighted by molar-refractivity contribution is 7.80. The van der Waals surface area contributed by atoms with E-state index >= 15 is 0 Å². The third-order valence-electron chi connectivity index (χ3n) is 5.27. The zero-order chi connectivity index (χ0) is 22.7. The van der Waals surface area contributed by atoms with Crippen molar-refractivity contribution in [2.75, 3.05) is 13.7 Å². The van der Waals surface area contributed by atoms with Crippen LogP contribution in [-0.4, -0.2) is 39.5 Å². The van der Waals surface area contributed by atoms with E-state index in [1.54, 1.807) is 36.5 Å². The number of furan rings is 1. The largest absolute Gasteiger partial charge is 0.469 e. The minimum atomic E-state index is -0.441. The number of para-hydroxylation sites is 1. The van der Waals surface area contributed by atoms with Crippen molar-refractivity contribution in [3.63, 3.8) is 0 Å². The Hall–Kier alpha value is -3.79. The first-order valence-electron chi connectivity index (χ1n) is 9.88. The molecule has 3 heterocycles. The van der Waals surface area contributed by atoms with Crippen molar-refractivity contribution in [2.45, 2.75) is 18.5 Å². The minimum Gasteiger partial charge on any atom is -0.469 e. The molecule has 1 saturated heterocycles. The number of pyridine rings is 1. The van der Waals surface area contributed by atoms with Gasteiger partial charge in [-0.1, -0.05) is 18.2 Å². The summed E-state index contributed by atoms with van der Waals surface area (Å²) in [6.45, 7) is 0.314. The number of esters is 1. The molecule has 0 spiro atoms. The topological polar surface area (TPSA) is 111 Å². The number of carbonyl (C=O) groups excluding carboxylic acids is 1. The van der Waals surface area contributed by atoms with Crippen LogP contribution in [0.2, 0.25) is 0 Å². The van der Waals surface area contributed by atoms with Crippen molar-refractivity contribution in [2.24, 2.45) is 0 Å². The molecule has 0 saturated carbocycles. The Labute approximate surface area is 189 Å². The van der Waals surface area contributed by atoms with Gasteiger partial charge in [-0.3, -0.25) is 19.9 Å². The van der Waals surface area contributed by atoms with E-state index in [0.717, 1.165) is 5.69 Å². The first-order valence-corrected chi connectivity index (χ1v) is 10.3. The normalized spacial score (nSPS) is 17.8. The fraction of sp³-hybridized carbons (Fsp3) is 0.227. The van der Waals surface area contributed by atoms with Gasteiger partial charge in [0, 0.05) is 18.8 Å². The Balaban J connectivity index is 1.72. The van der Waals surface area contributed by atoms with Crippen LogP contribution in [0.4, 0.5) is 5.69 Å². The van der Waals surface area contributed by atoms with Crippen LogP contribution in [0.5, 0.6) is 0 Å².